The van der Waals surface area contributed by atoms with Crippen LogP contribution in [-0.4, -0.2) is 54.6 Å². The lowest BCUT2D eigenvalue weighted by molar-refractivity contribution is 0.135. The molecule has 0 bridgehead atoms. The molecule has 2 aliphatic rings. The van der Waals surface area contributed by atoms with Gasteiger partial charge in [0.05, 0.1) is 0 Å². The molecule has 1 aromatic carbocycles. The van der Waals surface area contributed by atoms with Gasteiger partial charge in [-0.05, 0) is 63.5 Å². The van der Waals surface area contributed by atoms with Crippen LogP contribution in [0.4, 0.5) is 4.79 Å². The summed E-state index contributed by atoms with van der Waals surface area (Å²) in [6, 6.07) is 11.5. The number of likely N-dealkylation sites (tertiary alicyclic amines) is 2. The van der Waals surface area contributed by atoms with Crippen LogP contribution in [0.5, 0.6) is 0 Å². The number of benzene rings is 1. The second-order valence-electron chi connectivity index (χ2n) is 7.95. The second-order valence-corrected chi connectivity index (χ2v) is 7.95. The van der Waals surface area contributed by atoms with Crippen LogP contribution in [-0.2, 0) is 0 Å². The quantitative estimate of drug-likeness (QED) is 0.905. The van der Waals surface area contributed by atoms with Crippen molar-refractivity contribution in [3.05, 3.63) is 35.9 Å². The van der Waals surface area contributed by atoms with Crippen LogP contribution in [0.1, 0.15) is 51.0 Å². The van der Waals surface area contributed by atoms with Gasteiger partial charge in [-0.15, -0.1) is 0 Å². The number of hydrogen-bond donors (Lipinski definition) is 1. The molecule has 1 atom stereocenters. The van der Waals surface area contributed by atoms with E-state index in [9.17, 15) is 4.79 Å². The Morgan fingerprint density at radius 2 is 1.84 bits per heavy atom. The van der Waals surface area contributed by atoms with Gasteiger partial charge in [-0.3, -0.25) is 0 Å². The van der Waals surface area contributed by atoms with Gasteiger partial charge in [0, 0.05) is 32.2 Å². The van der Waals surface area contributed by atoms with Crippen molar-refractivity contribution in [2.75, 3.05) is 32.7 Å². The minimum Gasteiger partial charge on any atom is -0.338 e. The van der Waals surface area contributed by atoms with Crippen molar-refractivity contribution in [2.24, 2.45) is 5.92 Å². The fourth-order valence-corrected chi connectivity index (χ4v) is 4.22. The number of piperidine rings is 2. The molecule has 0 aliphatic carbocycles. The molecule has 4 heteroatoms. The normalized spacial score (nSPS) is 23.0. The highest BCUT2D eigenvalue weighted by atomic mass is 16.2. The van der Waals surface area contributed by atoms with E-state index in [2.05, 4.69) is 54.4 Å². The molecule has 0 saturated carbocycles. The highest BCUT2D eigenvalue weighted by molar-refractivity contribution is 5.74. The van der Waals surface area contributed by atoms with Crippen molar-refractivity contribution in [1.82, 2.24) is 15.1 Å². The minimum absolute atomic E-state index is 0.133. The molecule has 25 heavy (non-hydrogen) atoms. The third-order valence-electron chi connectivity index (χ3n) is 5.88. The lowest BCUT2D eigenvalue weighted by atomic mass is 9.89. The van der Waals surface area contributed by atoms with Gasteiger partial charge in [0.25, 0.3) is 0 Å². The van der Waals surface area contributed by atoms with Crippen molar-refractivity contribution in [3.8, 4) is 0 Å². The van der Waals surface area contributed by atoms with E-state index in [0.29, 0.717) is 17.9 Å². The van der Waals surface area contributed by atoms with Gasteiger partial charge in [-0.2, -0.15) is 0 Å². The van der Waals surface area contributed by atoms with Crippen molar-refractivity contribution in [1.29, 1.82) is 0 Å². The molecule has 0 aromatic heterocycles. The van der Waals surface area contributed by atoms with Crippen LogP contribution < -0.4 is 5.32 Å². The Labute approximate surface area is 152 Å². The maximum atomic E-state index is 12.5. The molecule has 138 valence electrons. The van der Waals surface area contributed by atoms with Crippen LogP contribution in [0.15, 0.2) is 30.3 Å². The monoisotopic (exact) mass is 343 g/mol. The summed E-state index contributed by atoms with van der Waals surface area (Å²) in [6.07, 6.45) is 4.63. The summed E-state index contributed by atoms with van der Waals surface area (Å²) in [6.45, 7) is 9.40. The van der Waals surface area contributed by atoms with Gasteiger partial charge in [0.2, 0.25) is 0 Å². The van der Waals surface area contributed by atoms with E-state index >= 15 is 0 Å². The smallest absolute Gasteiger partial charge is 0.317 e. The first-order valence-corrected chi connectivity index (χ1v) is 9.95. The molecule has 2 saturated heterocycles. The zero-order chi connectivity index (χ0) is 17.6. The summed E-state index contributed by atoms with van der Waals surface area (Å²) in [5, 5.41) is 3.20. The first-order valence-electron chi connectivity index (χ1n) is 9.95. The molecule has 2 heterocycles. The summed E-state index contributed by atoms with van der Waals surface area (Å²) in [7, 11) is 0. The molecule has 4 nitrogen and oxygen atoms in total. The van der Waals surface area contributed by atoms with Crippen LogP contribution in [0.25, 0.3) is 0 Å². The highest BCUT2D eigenvalue weighted by Gasteiger charge is 2.25. The number of carbonyl (C=O) groups is 1. The third kappa shape index (κ3) is 4.97. The van der Waals surface area contributed by atoms with Crippen molar-refractivity contribution in [3.63, 3.8) is 0 Å². The van der Waals surface area contributed by atoms with E-state index in [0.717, 1.165) is 39.0 Å². The zero-order valence-electron chi connectivity index (χ0n) is 15.8. The predicted molar refractivity (Wildman–Crippen MR) is 103 cm³/mol. The second kappa shape index (κ2) is 8.70. The highest BCUT2D eigenvalue weighted by Crippen LogP contribution is 2.27. The van der Waals surface area contributed by atoms with Gasteiger partial charge in [0.1, 0.15) is 0 Å². The largest absolute Gasteiger partial charge is 0.338 e. The predicted octanol–water partition coefficient (Wildman–Crippen LogP) is 3.70. The Hall–Kier alpha value is -1.55. The Balaban J connectivity index is 1.41. The molecular weight excluding hydrogens is 310 g/mol. The topological polar surface area (TPSA) is 35.6 Å². The molecule has 2 amide bonds. The fourth-order valence-electron chi connectivity index (χ4n) is 4.22. The first kappa shape index (κ1) is 18.2. The Kier molecular flexibility index (Phi) is 6.35. The Bertz CT molecular complexity index is 537. The molecule has 3 rings (SSSR count). The van der Waals surface area contributed by atoms with E-state index in [4.69, 9.17) is 0 Å². The summed E-state index contributed by atoms with van der Waals surface area (Å²) < 4.78 is 0. The summed E-state index contributed by atoms with van der Waals surface area (Å²) in [5.41, 5.74) is 1.42. The van der Waals surface area contributed by atoms with Crippen LogP contribution >= 0.6 is 0 Å². The van der Waals surface area contributed by atoms with Crippen LogP contribution in [0.2, 0.25) is 0 Å². The molecular formula is C21H33N3O. The number of urea groups is 1. The van der Waals surface area contributed by atoms with Gasteiger partial charge in [-0.1, -0.05) is 30.3 Å². The number of nitrogens with zero attached hydrogens (tertiary/aromatic N) is 2. The van der Waals surface area contributed by atoms with Crippen molar-refractivity contribution < 1.29 is 4.79 Å². The minimum atomic E-state index is 0.133. The number of rotatable bonds is 4. The van der Waals surface area contributed by atoms with E-state index < -0.39 is 0 Å². The lowest BCUT2D eigenvalue weighted by Crippen LogP contribution is -2.48. The molecule has 2 aliphatic heterocycles. The molecule has 0 radical (unpaired) electrons. The molecule has 1 aromatic rings. The fraction of sp³-hybridized carbons (Fsp3) is 0.667. The van der Waals surface area contributed by atoms with Crippen LogP contribution in [0, 0.1) is 5.92 Å². The lowest BCUT2D eigenvalue weighted by Gasteiger charge is -2.36. The van der Waals surface area contributed by atoms with Gasteiger partial charge >= 0.3 is 6.03 Å². The van der Waals surface area contributed by atoms with Crippen molar-refractivity contribution >= 4 is 6.03 Å². The average Bonchev–Trinajstić information content (AvgIpc) is 2.67. The number of nitrogens with one attached hydrogen (secondary N) is 1. The van der Waals surface area contributed by atoms with Crippen molar-refractivity contribution in [2.45, 2.75) is 51.5 Å². The third-order valence-corrected chi connectivity index (χ3v) is 5.88. The SMILES string of the molecule is CC(C)N1CCCC(CNC(=O)N2CCC(c3ccccc3)CC2)C1. The maximum Gasteiger partial charge on any atom is 0.317 e. The van der Waals surface area contributed by atoms with E-state index in [-0.39, 0.29) is 6.03 Å². The van der Waals surface area contributed by atoms with E-state index in [1.165, 1.54) is 24.9 Å². The Morgan fingerprint density at radius 1 is 1.12 bits per heavy atom. The first-order chi connectivity index (χ1) is 12.1. The molecule has 0 spiro atoms. The zero-order valence-corrected chi connectivity index (χ0v) is 15.8. The van der Waals surface area contributed by atoms with E-state index in [1.807, 2.05) is 4.90 Å². The van der Waals surface area contributed by atoms with E-state index in [1.54, 1.807) is 0 Å². The number of amides is 2. The number of hydrogen-bond acceptors (Lipinski definition) is 2. The summed E-state index contributed by atoms with van der Waals surface area (Å²) in [5.74, 6) is 1.20. The summed E-state index contributed by atoms with van der Waals surface area (Å²) in [4.78, 5) is 17.0. The summed E-state index contributed by atoms with van der Waals surface area (Å²) >= 11 is 0. The number of carbonyl (C=O) groups excluding carboxylic acids is 1. The van der Waals surface area contributed by atoms with Gasteiger partial charge in [0.15, 0.2) is 0 Å². The molecule has 1 unspecified atom stereocenters. The van der Waals surface area contributed by atoms with Gasteiger partial charge in [-0.25, -0.2) is 4.79 Å². The van der Waals surface area contributed by atoms with Gasteiger partial charge < -0.3 is 15.1 Å². The molecule has 1 N–H and O–H groups in total. The van der Waals surface area contributed by atoms with Crippen LogP contribution in [0.3, 0.4) is 0 Å². The molecule has 2 fully saturated rings. The Morgan fingerprint density at radius 3 is 2.52 bits per heavy atom. The average molecular weight is 344 g/mol. The maximum absolute atomic E-state index is 12.5. The standard InChI is InChI=1S/C21H33N3O/c1-17(2)24-12-6-7-18(16-24)15-22-21(25)23-13-10-20(11-14-23)19-8-4-3-5-9-19/h3-5,8-9,17-18,20H,6-7,10-16H2,1-2H3,(H,22,25).